The van der Waals surface area contributed by atoms with Crippen LogP contribution in [-0.2, 0) is 29.0 Å². The van der Waals surface area contributed by atoms with Crippen LogP contribution in [0.3, 0.4) is 0 Å². The largest absolute Gasteiger partial charge is 0.346 e. The molecule has 4 rings (SSSR count). The second-order valence-electron chi connectivity index (χ2n) is 17.4. The number of carbonyl (C=O) groups excluding carboxylic acids is 5. The topological polar surface area (TPSA) is 171 Å². The number of nitrogens with one attached hydrogen (secondary N) is 4. The van der Waals surface area contributed by atoms with Crippen molar-refractivity contribution in [2.24, 2.45) is 23.2 Å². The van der Waals surface area contributed by atoms with Crippen molar-refractivity contribution in [1.82, 2.24) is 26.2 Å². The lowest BCUT2D eigenvalue weighted by Gasteiger charge is -2.41. The number of carbonyl (C=O) groups is 5. The van der Waals surface area contributed by atoms with Crippen LogP contribution in [0.4, 0.5) is 4.79 Å². The Bertz CT molecular complexity index is 1420. The average molecular weight is 734 g/mol. The molecule has 13 heteroatoms. The van der Waals surface area contributed by atoms with Gasteiger partial charge in [0, 0.05) is 13.1 Å². The van der Waals surface area contributed by atoms with Gasteiger partial charge in [-0.2, -0.15) is 0 Å². The Balaban J connectivity index is 1.59. The number of ketones is 1. The maximum Gasteiger partial charge on any atom is 0.315 e. The highest BCUT2D eigenvalue weighted by atomic mass is 32.2. The number of nitrogens with zero attached hydrogens (tertiary/aromatic N) is 1. The van der Waals surface area contributed by atoms with Gasteiger partial charge in [-0.05, 0) is 76.0 Å². The Morgan fingerprint density at radius 3 is 2.10 bits per heavy atom. The zero-order valence-electron chi connectivity index (χ0n) is 31.8. The second-order valence-corrected chi connectivity index (χ2v) is 20.1. The van der Waals surface area contributed by atoms with Gasteiger partial charge in [0.15, 0.2) is 9.84 Å². The van der Waals surface area contributed by atoms with Gasteiger partial charge in [0.1, 0.15) is 12.1 Å². The van der Waals surface area contributed by atoms with Crippen LogP contribution in [0.2, 0.25) is 0 Å². The number of likely N-dealkylation sites (tertiary alicyclic amines) is 1. The lowest BCUT2D eigenvalue weighted by atomic mass is 9.77. The molecule has 51 heavy (non-hydrogen) atoms. The predicted octanol–water partition coefficient (Wildman–Crippen LogP) is 4.18. The zero-order valence-corrected chi connectivity index (χ0v) is 32.6. The van der Waals surface area contributed by atoms with Crippen molar-refractivity contribution in [3.63, 3.8) is 0 Å². The van der Waals surface area contributed by atoms with E-state index in [4.69, 9.17) is 0 Å². The molecule has 5 amide bonds. The highest BCUT2D eigenvalue weighted by Gasteiger charge is 2.54. The highest BCUT2D eigenvalue weighted by molar-refractivity contribution is 7.92. The summed E-state index contributed by atoms with van der Waals surface area (Å²) >= 11 is 0. The number of amides is 5. The molecule has 4 aliphatic rings. The molecule has 1 heterocycles. The first kappa shape index (κ1) is 40.8. The van der Waals surface area contributed by atoms with Crippen molar-refractivity contribution in [3.05, 3.63) is 12.7 Å². The normalized spacial score (nSPS) is 24.9. The van der Waals surface area contributed by atoms with Crippen molar-refractivity contribution < 1.29 is 32.4 Å². The summed E-state index contributed by atoms with van der Waals surface area (Å²) < 4.78 is 25.8. The molecule has 4 fully saturated rings. The summed E-state index contributed by atoms with van der Waals surface area (Å²) in [5.41, 5.74) is -1.62. The number of Topliss-reactive ketones (excluding diaryl/α,β-unsaturated/α-hetero) is 1. The minimum Gasteiger partial charge on any atom is -0.346 e. The molecule has 0 aromatic rings. The Morgan fingerprint density at radius 2 is 1.53 bits per heavy atom. The smallest absolute Gasteiger partial charge is 0.315 e. The van der Waals surface area contributed by atoms with Crippen LogP contribution in [0.5, 0.6) is 0 Å². The summed E-state index contributed by atoms with van der Waals surface area (Å²) in [4.78, 5) is 70.4. The van der Waals surface area contributed by atoms with Gasteiger partial charge in [-0.3, -0.25) is 19.2 Å². The van der Waals surface area contributed by atoms with Gasteiger partial charge in [0.05, 0.1) is 22.1 Å². The monoisotopic (exact) mass is 733 g/mol. The number of urea groups is 1. The predicted molar refractivity (Wildman–Crippen MR) is 197 cm³/mol. The third-order valence-corrected chi connectivity index (χ3v) is 14.9. The van der Waals surface area contributed by atoms with Crippen molar-refractivity contribution in [2.45, 2.75) is 153 Å². The number of hydrogen-bond acceptors (Lipinski definition) is 7. The fourth-order valence-electron chi connectivity index (χ4n) is 8.14. The van der Waals surface area contributed by atoms with Crippen LogP contribution < -0.4 is 21.3 Å². The Kier molecular flexibility index (Phi) is 13.1. The first-order valence-corrected chi connectivity index (χ1v) is 20.8. The number of hydrogen-bond donors (Lipinski definition) is 4. The van der Waals surface area contributed by atoms with E-state index in [0.717, 1.165) is 64.2 Å². The molecule has 1 aliphatic heterocycles. The van der Waals surface area contributed by atoms with Crippen LogP contribution in [0.15, 0.2) is 12.7 Å². The van der Waals surface area contributed by atoms with Crippen LogP contribution in [0.1, 0.15) is 125 Å². The SMILES string of the molecule is C=CCNC(=O)C(=O)C(CC1CC1)NC(=O)C1N(C(=O)[C@@H](NC(=O)NC2(CS(=O)(=O)C(C)(C)C)CCCCC2)C2CCCCC2)C[C@H](C)C1(C)C. The first-order chi connectivity index (χ1) is 23.8. The van der Waals surface area contributed by atoms with Gasteiger partial charge >= 0.3 is 6.03 Å². The Morgan fingerprint density at radius 1 is 0.922 bits per heavy atom. The Hall–Kier alpha value is -2.96. The molecule has 3 saturated carbocycles. The molecule has 0 spiro atoms. The zero-order chi connectivity index (χ0) is 37.8. The van der Waals surface area contributed by atoms with E-state index in [9.17, 15) is 32.4 Å². The maximum absolute atomic E-state index is 14.8. The van der Waals surface area contributed by atoms with E-state index in [1.54, 1.807) is 25.7 Å². The minimum atomic E-state index is -3.56. The molecule has 0 aromatic heterocycles. The van der Waals surface area contributed by atoms with Gasteiger partial charge in [0.2, 0.25) is 17.6 Å². The van der Waals surface area contributed by atoms with Crippen molar-refractivity contribution in [3.8, 4) is 0 Å². The van der Waals surface area contributed by atoms with Gasteiger partial charge in [-0.15, -0.1) is 6.58 Å². The van der Waals surface area contributed by atoms with Crippen molar-refractivity contribution in [2.75, 3.05) is 18.8 Å². The van der Waals surface area contributed by atoms with Gasteiger partial charge in [0.25, 0.3) is 5.91 Å². The third kappa shape index (κ3) is 9.93. The van der Waals surface area contributed by atoms with Crippen LogP contribution in [0.25, 0.3) is 0 Å². The van der Waals surface area contributed by atoms with E-state index in [2.05, 4.69) is 27.8 Å². The quantitative estimate of drug-likeness (QED) is 0.153. The molecule has 12 nitrogen and oxygen atoms in total. The summed E-state index contributed by atoms with van der Waals surface area (Å²) in [6, 6.07) is -3.45. The van der Waals surface area contributed by atoms with Crippen molar-refractivity contribution in [1.29, 1.82) is 0 Å². The molecule has 1 saturated heterocycles. The summed E-state index contributed by atoms with van der Waals surface area (Å²) in [5, 5.41) is 11.5. The molecule has 288 valence electrons. The second kappa shape index (κ2) is 16.4. The first-order valence-electron chi connectivity index (χ1n) is 19.2. The minimum absolute atomic E-state index is 0.0837. The fraction of sp³-hybridized carbons (Fsp3) is 0.816. The van der Waals surface area contributed by atoms with Crippen molar-refractivity contribution >= 4 is 39.4 Å². The highest BCUT2D eigenvalue weighted by Crippen LogP contribution is 2.43. The molecule has 4 atom stereocenters. The maximum atomic E-state index is 14.8. The van der Waals surface area contributed by atoms with E-state index < -0.39 is 67.3 Å². The molecule has 4 N–H and O–H groups in total. The molecule has 2 unspecified atom stereocenters. The molecule has 3 aliphatic carbocycles. The summed E-state index contributed by atoms with van der Waals surface area (Å²) in [6.07, 6.45) is 11.6. The molecule has 0 radical (unpaired) electrons. The number of rotatable bonds is 14. The summed E-state index contributed by atoms with van der Waals surface area (Å²) in [5.74, 6) is -2.53. The number of sulfone groups is 1. The molecular formula is C38H63N5O7S. The summed E-state index contributed by atoms with van der Waals surface area (Å²) in [7, 11) is -3.56. The molecule has 0 bridgehead atoms. The van der Waals surface area contributed by atoms with E-state index in [1.807, 2.05) is 20.8 Å². The molecular weight excluding hydrogens is 671 g/mol. The fourth-order valence-corrected chi connectivity index (χ4v) is 9.66. The van der Waals surface area contributed by atoms with E-state index in [-0.39, 0.29) is 42.5 Å². The van der Waals surface area contributed by atoms with E-state index >= 15 is 0 Å². The van der Waals surface area contributed by atoms with E-state index in [0.29, 0.717) is 19.3 Å². The third-order valence-electron chi connectivity index (χ3n) is 12.1. The van der Waals surface area contributed by atoms with Gasteiger partial charge in [-0.25, -0.2) is 13.2 Å². The van der Waals surface area contributed by atoms with Gasteiger partial charge < -0.3 is 26.2 Å². The Labute approximate surface area is 305 Å². The van der Waals surface area contributed by atoms with Crippen LogP contribution in [0, 0.1) is 23.2 Å². The van der Waals surface area contributed by atoms with Crippen LogP contribution >= 0.6 is 0 Å². The lowest BCUT2D eigenvalue weighted by molar-refractivity contribution is -0.145. The van der Waals surface area contributed by atoms with Crippen LogP contribution in [-0.4, -0.2) is 90.1 Å². The molecule has 0 aromatic carbocycles. The summed E-state index contributed by atoms with van der Waals surface area (Å²) in [6.45, 7) is 14.8. The van der Waals surface area contributed by atoms with Gasteiger partial charge in [-0.1, -0.05) is 78.2 Å². The average Bonchev–Trinajstić information content (AvgIpc) is 3.84. The van der Waals surface area contributed by atoms with E-state index in [1.165, 1.54) is 6.08 Å². The lowest BCUT2D eigenvalue weighted by Crippen LogP contribution is -2.63. The standard InChI is InChI=1S/C38H63N5O7S/c1-8-21-39-32(45)30(44)28(22-26-17-18-26)40-33(46)31-37(6,7)25(2)23-43(31)34(47)29(27-15-11-9-12-16-27)41-35(48)42-38(19-13-10-14-20-38)24-51(49,50)36(3,4)5/h8,25-29,31H,1,9-24H2,2-7H3,(H,39,45)(H,40,46)(H2,41,42,48)/t25-,28?,29-,31?/m0/s1.